The van der Waals surface area contributed by atoms with Gasteiger partial charge in [-0.05, 0) is 0 Å². The van der Waals surface area contributed by atoms with Crippen molar-refractivity contribution < 1.29 is 21.2 Å². The number of alkyl halides is 2. The first kappa shape index (κ1) is 6.59. The summed E-state index contributed by atoms with van der Waals surface area (Å²) in [6.45, 7) is 3.80. The number of allylic oxidation sites excluding steroid dienone is 1. The molecule has 0 unspecified atom stereocenters. The van der Waals surface area contributed by atoms with Crippen LogP contribution in [0.15, 0.2) is 12.7 Å². The van der Waals surface area contributed by atoms with E-state index >= 15 is 0 Å². The Bertz CT molecular complexity index is 72.5. The van der Waals surface area contributed by atoms with E-state index in [9.17, 15) is 0 Å². The summed E-state index contributed by atoms with van der Waals surface area (Å²) in [5.41, 5.74) is 0. The molecule has 0 aromatic carbocycles. The van der Waals surface area contributed by atoms with E-state index in [-0.39, 0.29) is 0 Å². The summed E-state index contributed by atoms with van der Waals surface area (Å²) in [5.74, 6) is 0.878. The topological polar surface area (TPSA) is 0 Å². The van der Waals surface area contributed by atoms with E-state index in [1.165, 1.54) is 21.7 Å². The second-order valence-corrected chi connectivity index (χ2v) is 5.38. The summed E-state index contributed by atoms with van der Waals surface area (Å²) in [6.07, 6.45) is 5.01. The fourth-order valence-corrected chi connectivity index (χ4v) is 3.93. The third-order valence-electron chi connectivity index (χ3n) is 1.56. The second kappa shape index (κ2) is 3.49. The van der Waals surface area contributed by atoms with Crippen LogP contribution >= 0.6 is 0 Å². The molecule has 1 aliphatic heterocycles. The molecule has 0 bridgehead atoms. The summed E-state index contributed by atoms with van der Waals surface area (Å²) in [5, 5.41) is 0. The van der Waals surface area contributed by atoms with Gasteiger partial charge < -0.3 is 0 Å². The van der Waals surface area contributed by atoms with Crippen molar-refractivity contribution in [1.82, 2.24) is 0 Å². The molecule has 0 radical (unpaired) electrons. The number of hydrogen-bond acceptors (Lipinski definition) is 0. The Labute approximate surface area is 61.6 Å². The Morgan fingerprint density at radius 1 is 1.38 bits per heavy atom. The fourth-order valence-electron chi connectivity index (χ4n) is 0.909. The molecular formula is C7H12I-. The van der Waals surface area contributed by atoms with E-state index in [4.69, 9.17) is 0 Å². The molecule has 0 aromatic rings. The summed E-state index contributed by atoms with van der Waals surface area (Å²) in [4.78, 5) is 0. The van der Waals surface area contributed by atoms with E-state index in [0.717, 1.165) is 5.92 Å². The number of rotatable bonds is 1. The monoisotopic (exact) mass is 223 g/mol. The molecule has 8 heavy (non-hydrogen) atoms. The zero-order valence-electron chi connectivity index (χ0n) is 5.07. The van der Waals surface area contributed by atoms with E-state index < -0.39 is 0 Å². The zero-order chi connectivity index (χ0) is 5.82. The molecule has 1 rings (SSSR count). The van der Waals surface area contributed by atoms with Gasteiger partial charge in [0.15, 0.2) is 0 Å². The maximum atomic E-state index is 3.80. The van der Waals surface area contributed by atoms with Crippen molar-refractivity contribution in [3.05, 3.63) is 12.7 Å². The van der Waals surface area contributed by atoms with Gasteiger partial charge in [-0.2, -0.15) is 0 Å². The van der Waals surface area contributed by atoms with Crippen molar-refractivity contribution >= 4 is 0 Å². The van der Waals surface area contributed by atoms with Gasteiger partial charge in [-0.1, -0.05) is 0 Å². The predicted molar refractivity (Wildman–Crippen MR) is 32.7 cm³/mol. The van der Waals surface area contributed by atoms with E-state index in [1.807, 2.05) is 0 Å². The number of hydrogen-bond donors (Lipinski definition) is 0. The standard InChI is InChI=1S/C7H12I/c1-2-7-3-5-8-6-4-7/h2,7H,1,3-6H2/q-1. The van der Waals surface area contributed by atoms with Crippen LogP contribution in [0.5, 0.6) is 0 Å². The zero-order valence-corrected chi connectivity index (χ0v) is 7.23. The van der Waals surface area contributed by atoms with Gasteiger partial charge >= 0.3 is 61.5 Å². The van der Waals surface area contributed by atoms with Gasteiger partial charge in [0.1, 0.15) is 0 Å². The second-order valence-electron chi connectivity index (χ2n) is 2.14. The minimum absolute atomic E-state index is 0.634. The van der Waals surface area contributed by atoms with Gasteiger partial charge in [0, 0.05) is 0 Å². The van der Waals surface area contributed by atoms with Crippen LogP contribution in [0.3, 0.4) is 0 Å². The van der Waals surface area contributed by atoms with Crippen molar-refractivity contribution in [2.45, 2.75) is 12.8 Å². The molecule has 1 saturated heterocycles. The summed E-state index contributed by atoms with van der Waals surface area (Å²) in [6, 6.07) is 0. The Morgan fingerprint density at radius 2 is 2.00 bits per heavy atom. The molecule has 0 aliphatic carbocycles. The van der Waals surface area contributed by atoms with Crippen LogP contribution < -0.4 is 21.2 Å². The van der Waals surface area contributed by atoms with Crippen molar-refractivity contribution in [3.63, 3.8) is 0 Å². The third kappa shape index (κ3) is 1.77. The molecule has 1 fully saturated rings. The van der Waals surface area contributed by atoms with Crippen LogP contribution in [0.1, 0.15) is 12.8 Å². The Morgan fingerprint density at radius 3 is 2.38 bits per heavy atom. The normalized spacial score (nSPS) is 24.0. The predicted octanol–water partition coefficient (Wildman–Crippen LogP) is -1.33. The summed E-state index contributed by atoms with van der Waals surface area (Å²) in [7, 11) is 0. The first-order chi connectivity index (χ1) is 3.93. The van der Waals surface area contributed by atoms with Crippen LogP contribution in [0.25, 0.3) is 0 Å². The average Bonchev–Trinajstić information content (AvgIpc) is 1.90. The van der Waals surface area contributed by atoms with Gasteiger partial charge in [0.05, 0.1) is 0 Å². The van der Waals surface area contributed by atoms with Gasteiger partial charge in [-0.25, -0.2) is 0 Å². The molecular weight excluding hydrogens is 211 g/mol. The fraction of sp³-hybridized carbons (Fsp3) is 0.714. The molecule has 0 aromatic heterocycles. The first-order valence-electron chi connectivity index (χ1n) is 3.09. The third-order valence-corrected chi connectivity index (χ3v) is 4.33. The molecule has 0 atom stereocenters. The molecule has 0 spiro atoms. The molecule has 1 aliphatic rings. The molecule has 48 valence electrons. The minimum atomic E-state index is 0.634. The van der Waals surface area contributed by atoms with Crippen LogP contribution in [0, 0.1) is 5.92 Å². The Balaban J connectivity index is 2.22. The molecule has 1 heteroatoms. The van der Waals surface area contributed by atoms with Crippen LogP contribution in [-0.4, -0.2) is 8.86 Å². The van der Waals surface area contributed by atoms with Crippen molar-refractivity contribution in [2.24, 2.45) is 5.92 Å². The summed E-state index contributed by atoms with van der Waals surface area (Å²) < 4.78 is 3.07. The quantitative estimate of drug-likeness (QED) is 0.293. The van der Waals surface area contributed by atoms with Gasteiger partial charge in [0.2, 0.25) is 0 Å². The van der Waals surface area contributed by atoms with Gasteiger partial charge in [-0.3, -0.25) is 0 Å². The summed E-state index contributed by atoms with van der Waals surface area (Å²) >= 11 is 0.634. The van der Waals surface area contributed by atoms with Crippen LogP contribution in [0.2, 0.25) is 0 Å². The van der Waals surface area contributed by atoms with Crippen molar-refractivity contribution in [2.75, 3.05) is 8.86 Å². The van der Waals surface area contributed by atoms with E-state index in [2.05, 4.69) is 12.7 Å². The first-order valence-corrected chi connectivity index (χ1v) is 6.14. The molecule has 0 saturated carbocycles. The van der Waals surface area contributed by atoms with E-state index in [1.54, 1.807) is 0 Å². The Kier molecular flexibility index (Phi) is 2.87. The van der Waals surface area contributed by atoms with Gasteiger partial charge in [-0.15, -0.1) is 0 Å². The molecule has 0 N–H and O–H groups in total. The van der Waals surface area contributed by atoms with Crippen molar-refractivity contribution in [1.29, 1.82) is 0 Å². The van der Waals surface area contributed by atoms with E-state index in [0.29, 0.717) is 21.2 Å². The molecule has 0 nitrogen and oxygen atoms in total. The van der Waals surface area contributed by atoms with Crippen LogP contribution in [-0.2, 0) is 0 Å². The maximum absolute atomic E-state index is 3.80. The van der Waals surface area contributed by atoms with Crippen molar-refractivity contribution in [3.8, 4) is 0 Å². The van der Waals surface area contributed by atoms with Crippen LogP contribution in [0.4, 0.5) is 0 Å². The Hall–Kier alpha value is 0.470. The molecule has 1 heterocycles. The number of halogens is 1. The average molecular weight is 223 g/mol. The molecule has 0 amide bonds. The van der Waals surface area contributed by atoms with Gasteiger partial charge in [0.25, 0.3) is 0 Å². The SMILES string of the molecule is C=CC1CC[I-]CC1.